The van der Waals surface area contributed by atoms with Gasteiger partial charge in [0, 0.05) is 5.69 Å². The molecule has 0 aromatic heterocycles. The van der Waals surface area contributed by atoms with Crippen molar-refractivity contribution >= 4 is 17.7 Å². The summed E-state index contributed by atoms with van der Waals surface area (Å²) in [5.74, 6) is -0.0145. The number of para-hydroxylation sites is 1. The highest BCUT2D eigenvalue weighted by Gasteiger charge is 2.31. The molecule has 2 rings (SSSR count). The zero-order chi connectivity index (χ0) is 19.5. The lowest BCUT2D eigenvalue weighted by Crippen LogP contribution is -2.49. The summed E-state index contributed by atoms with van der Waals surface area (Å²) in [7, 11) is 0. The Morgan fingerprint density at radius 2 is 1.69 bits per heavy atom. The van der Waals surface area contributed by atoms with Gasteiger partial charge in [0.05, 0.1) is 6.10 Å². The lowest BCUT2D eigenvalue weighted by molar-refractivity contribution is -0.119. The maximum Gasteiger partial charge on any atom is 0.408 e. The second-order valence-electron chi connectivity index (χ2n) is 6.78. The SMILES string of the molecule is CC.Cc1ccccc1NC(=O)C(NC(=O)OC(C)C)C1CCCCC1. The van der Waals surface area contributed by atoms with E-state index in [1.807, 2.05) is 45.0 Å². The summed E-state index contributed by atoms with van der Waals surface area (Å²) in [5.41, 5.74) is 1.78. The quantitative estimate of drug-likeness (QED) is 0.771. The number of carbonyl (C=O) groups excluding carboxylic acids is 2. The van der Waals surface area contributed by atoms with E-state index in [-0.39, 0.29) is 17.9 Å². The maximum absolute atomic E-state index is 12.8. The molecule has 1 aliphatic rings. The first-order valence-electron chi connectivity index (χ1n) is 9.81. The van der Waals surface area contributed by atoms with Crippen LogP contribution in [0.3, 0.4) is 0 Å². The highest BCUT2D eigenvalue weighted by atomic mass is 16.6. The Balaban J connectivity index is 0.00000163. The van der Waals surface area contributed by atoms with Crippen LogP contribution in [0.25, 0.3) is 0 Å². The van der Waals surface area contributed by atoms with Gasteiger partial charge in [-0.2, -0.15) is 0 Å². The smallest absolute Gasteiger partial charge is 0.408 e. The lowest BCUT2D eigenvalue weighted by atomic mass is 9.83. The number of benzene rings is 1. The average Bonchev–Trinajstić information content (AvgIpc) is 2.63. The van der Waals surface area contributed by atoms with Gasteiger partial charge in [0.25, 0.3) is 0 Å². The fraction of sp³-hybridized carbons (Fsp3) is 0.619. The second kappa shape index (κ2) is 11.6. The van der Waals surface area contributed by atoms with Crippen LogP contribution in [-0.4, -0.2) is 24.1 Å². The first kappa shape index (κ1) is 22.0. The molecule has 0 aliphatic heterocycles. The summed E-state index contributed by atoms with van der Waals surface area (Å²) in [5, 5.41) is 5.74. The molecule has 1 aliphatic carbocycles. The summed E-state index contributed by atoms with van der Waals surface area (Å²) < 4.78 is 5.17. The molecule has 1 unspecified atom stereocenters. The van der Waals surface area contributed by atoms with Gasteiger partial charge in [0.15, 0.2) is 0 Å². The molecule has 146 valence electrons. The molecule has 1 saturated carbocycles. The zero-order valence-electron chi connectivity index (χ0n) is 16.8. The molecule has 0 radical (unpaired) electrons. The molecule has 0 saturated heterocycles. The van der Waals surface area contributed by atoms with Crippen LogP contribution in [0.2, 0.25) is 0 Å². The number of amides is 2. The minimum atomic E-state index is -0.559. The van der Waals surface area contributed by atoms with Crippen molar-refractivity contribution < 1.29 is 14.3 Å². The van der Waals surface area contributed by atoms with E-state index >= 15 is 0 Å². The van der Waals surface area contributed by atoms with Gasteiger partial charge < -0.3 is 15.4 Å². The van der Waals surface area contributed by atoms with Crippen molar-refractivity contribution in [3.05, 3.63) is 29.8 Å². The van der Waals surface area contributed by atoms with E-state index in [1.54, 1.807) is 13.8 Å². The third-order valence-corrected chi connectivity index (χ3v) is 4.42. The molecule has 1 aromatic carbocycles. The number of nitrogens with one attached hydrogen (secondary N) is 2. The summed E-state index contributed by atoms with van der Waals surface area (Å²) in [4.78, 5) is 24.8. The summed E-state index contributed by atoms with van der Waals surface area (Å²) in [6, 6.07) is 7.08. The Kier molecular flexibility index (Phi) is 9.78. The number of rotatable bonds is 5. The Hall–Kier alpha value is -2.04. The minimum absolute atomic E-state index is 0.155. The molecule has 1 atom stereocenters. The lowest BCUT2D eigenvalue weighted by Gasteiger charge is -2.30. The van der Waals surface area contributed by atoms with Gasteiger partial charge in [-0.3, -0.25) is 4.79 Å². The van der Waals surface area contributed by atoms with E-state index in [0.717, 1.165) is 36.9 Å². The Morgan fingerprint density at radius 3 is 2.27 bits per heavy atom. The molecule has 5 heteroatoms. The number of alkyl carbamates (subject to hydrolysis) is 1. The highest BCUT2D eigenvalue weighted by Crippen LogP contribution is 2.27. The van der Waals surface area contributed by atoms with E-state index in [1.165, 1.54) is 6.42 Å². The third kappa shape index (κ3) is 7.06. The molecule has 2 amide bonds. The number of carbonyl (C=O) groups is 2. The van der Waals surface area contributed by atoms with Crippen molar-refractivity contribution in [1.29, 1.82) is 0 Å². The van der Waals surface area contributed by atoms with Gasteiger partial charge >= 0.3 is 6.09 Å². The third-order valence-electron chi connectivity index (χ3n) is 4.42. The van der Waals surface area contributed by atoms with Crippen molar-refractivity contribution in [2.24, 2.45) is 5.92 Å². The first-order valence-corrected chi connectivity index (χ1v) is 9.81. The van der Waals surface area contributed by atoms with Crippen LogP contribution in [0, 0.1) is 12.8 Å². The molecule has 0 spiro atoms. The van der Waals surface area contributed by atoms with Crippen LogP contribution in [0.4, 0.5) is 10.5 Å². The molecular formula is C21H34N2O3. The molecule has 1 fully saturated rings. The van der Waals surface area contributed by atoms with E-state index < -0.39 is 12.1 Å². The topological polar surface area (TPSA) is 67.4 Å². The van der Waals surface area contributed by atoms with Crippen molar-refractivity contribution in [2.75, 3.05) is 5.32 Å². The molecule has 5 nitrogen and oxygen atoms in total. The number of hydrogen-bond donors (Lipinski definition) is 2. The highest BCUT2D eigenvalue weighted by molar-refractivity contribution is 5.97. The van der Waals surface area contributed by atoms with Gasteiger partial charge in [0.1, 0.15) is 6.04 Å². The molecule has 2 N–H and O–H groups in total. The number of hydrogen-bond acceptors (Lipinski definition) is 3. The van der Waals surface area contributed by atoms with Crippen molar-refractivity contribution in [3.8, 4) is 0 Å². The van der Waals surface area contributed by atoms with E-state index in [9.17, 15) is 9.59 Å². The van der Waals surface area contributed by atoms with E-state index in [0.29, 0.717) is 0 Å². The fourth-order valence-electron chi connectivity index (χ4n) is 3.16. The van der Waals surface area contributed by atoms with E-state index in [2.05, 4.69) is 10.6 Å². The number of ether oxygens (including phenoxy) is 1. The number of aryl methyl sites for hydroxylation is 1. The normalized spacial score (nSPS) is 15.5. The Labute approximate surface area is 157 Å². The fourth-order valence-corrected chi connectivity index (χ4v) is 3.16. The molecule has 26 heavy (non-hydrogen) atoms. The van der Waals surface area contributed by atoms with Crippen LogP contribution < -0.4 is 10.6 Å². The Bertz CT molecular complexity index is 566. The molecule has 0 bridgehead atoms. The summed E-state index contributed by atoms with van der Waals surface area (Å²) >= 11 is 0. The predicted octanol–water partition coefficient (Wildman–Crippen LogP) is 5.04. The van der Waals surface area contributed by atoms with Crippen LogP contribution in [0.15, 0.2) is 24.3 Å². The molecular weight excluding hydrogens is 328 g/mol. The summed E-state index contributed by atoms with van der Waals surface area (Å²) in [6.45, 7) is 9.54. The van der Waals surface area contributed by atoms with Crippen LogP contribution in [-0.2, 0) is 9.53 Å². The van der Waals surface area contributed by atoms with Crippen molar-refractivity contribution in [3.63, 3.8) is 0 Å². The molecule has 1 aromatic rings. The van der Waals surface area contributed by atoms with E-state index in [4.69, 9.17) is 4.74 Å². The largest absolute Gasteiger partial charge is 0.447 e. The van der Waals surface area contributed by atoms with Gasteiger partial charge in [0.2, 0.25) is 5.91 Å². The predicted molar refractivity (Wildman–Crippen MR) is 106 cm³/mol. The van der Waals surface area contributed by atoms with Crippen molar-refractivity contribution in [2.45, 2.75) is 78.9 Å². The zero-order valence-corrected chi connectivity index (χ0v) is 16.8. The standard InChI is InChI=1S/C19H28N2O3.C2H6/c1-13(2)24-19(23)21-17(15-10-5-4-6-11-15)18(22)20-16-12-8-7-9-14(16)3;1-2/h7-9,12-13,15,17H,4-6,10-11H2,1-3H3,(H,20,22)(H,21,23);1-2H3. The second-order valence-corrected chi connectivity index (χ2v) is 6.78. The monoisotopic (exact) mass is 362 g/mol. The Morgan fingerprint density at radius 1 is 1.08 bits per heavy atom. The first-order chi connectivity index (χ1) is 12.5. The van der Waals surface area contributed by atoms with Gasteiger partial charge in [-0.1, -0.05) is 51.3 Å². The summed E-state index contributed by atoms with van der Waals surface area (Å²) in [6.07, 6.45) is 4.55. The van der Waals surface area contributed by atoms with Gasteiger partial charge in [-0.25, -0.2) is 4.79 Å². The van der Waals surface area contributed by atoms with Gasteiger partial charge in [-0.15, -0.1) is 0 Å². The molecule has 0 heterocycles. The average molecular weight is 363 g/mol. The van der Waals surface area contributed by atoms with Crippen LogP contribution in [0.1, 0.15) is 65.4 Å². The minimum Gasteiger partial charge on any atom is -0.447 e. The number of anilines is 1. The van der Waals surface area contributed by atoms with Crippen LogP contribution >= 0.6 is 0 Å². The maximum atomic E-state index is 12.8. The van der Waals surface area contributed by atoms with Crippen LogP contribution in [0.5, 0.6) is 0 Å². The van der Waals surface area contributed by atoms with Crippen molar-refractivity contribution in [1.82, 2.24) is 5.32 Å². The van der Waals surface area contributed by atoms with Gasteiger partial charge in [-0.05, 0) is 51.2 Å².